The van der Waals surface area contributed by atoms with Crippen LogP contribution >= 0.6 is 11.8 Å². The Hall–Kier alpha value is -3.06. The van der Waals surface area contributed by atoms with E-state index < -0.39 is 0 Å². The average molecular weight is 392 g/mol. The van der Waals surface area contributed by atoms with Gasteiger partial charge in [0.05, 0.1) is 12.7 Å². The Morgan fingerprint density at radius 3 is 2.75 bits per heavy atom. The molecule has 0 saturated heterocycles. The molecule has 2 aliphatic heterocycles. The zero-order valence-electron chi connectivity index (χ0n) is 16.1. The summed E-state index contributed by atoms with van der Waals surface area (Å²) in [6.07, 6.45) is 3.60. The van der Waals surface area contributed by atoms with Gasteiger partial charge in [0.2, 0.25) is 0 Å². The molecule has 0 spiro atoms. The molecule has 3 heterocycles. The molecule has 0 aliphatic carbocycles. The van der Waals surface area contributed by atoms with Crippen LogP contribution in [0.2, 0.25) is 0 Å². The van der Waals surface area contributed by atoms with Crippen LogP contribution in [-0.2, 0) is 4.79 Å². The standard InChI is InChI=1S/C21H20N4O2S/c1-12-8-15(14(3)25(12)16-6-5-7-17(10-16)27-4)9-18-19(22)24-11-13(2)28-21(24)23-20(18)26/h5-11,22H,1-4H3/b18-9-,22-19?. The molecule has 0 fully saturated rings. The lowest BCUT2D eigenvalue weighted by atomic mass is 10.1. The minimum atomic E-state index is -0.377. The first-order valence-corrected chi connectivity index (χ1v) is 9.63. The smallest absolute Gasteiger partial charge is 0.283 e. The topological polar surface area (TPSA) is 70.7 Å². The molecule has 28 heavy (non-hydrogen) atoms. The van der Waals surface area contributed by atoms with Gasteiger partial charge >= 0.3 is 0 Å². The number of nitrogens with one attached hydrogen (secondary N) is 1. The van der Waals surface area contributed by atoms with Crippen LogP contribution in [0, 0.1) is 19.3 Å². The molecule has 0 radical (unpaired) electrons. The third-order valence-electron chi connectivity index (χ3n) is 4.77. The van der Waals surface area contributed by atoms with E-state index in [0.29, 0.717) is 10.7 Å². The SMILES string of the molecule is COc1cccc(-n2c(C)cc(/C=C3/C(=N)N4C=C(C)SC4=NC3=O)c2C)c1. The summed E-state index contributed by atoms with van der Waals surface area (Å²) in [4.78, 5) is 19.3. The number of fused-ring (bicyclic) bond motifs is 1. The summed E-state index contributed by atoms with van der Waals surface area (Å²) >= 11 is 1.41. The maximum absolute atomic E-state index is 12.5. The summed E-state index contributed by atoms with van der Waals surface area (Å²) in [5, 5.41) is 9.01. The second-order valence-corrected chi connectivity index (χ2v) is 7.89. The first-order chi connectivity index (χ1) is 13.4. The van der Waals surface area contributed by atoms with Crippen molar-refractivity contribution in [2.24, 2.45) is 4.99 Å². The molecular formula is C21H20N4O2S. The predicted molar refractivity (Wildman–Crippen MR) is 113 cm³/mol. The number of aromatic nitrogens is 1. The number of aliphatic imine (C=N–C) groups is 1. The molecule has 1 aromatic heterocycles. The third kappa shape index (κ3) is 2.97. The van der Waals surface area contributed by atoms with E-state index in [1.165, 1.54) is 11.8 Å². The van der Waals surface area contributed by atoms with Gasteiger partial charge in [-0.1, -0.05) is 17.8 Å². The third-order valence-corrected chi connectivity index (χ3v) is 5.67. The predicted octanol–water partition coefficient (Wildman–Crippen LogP) is 4.27. The molecule has 0 bridgehead atoms. The van der Waals surface area contributed by atoms with Crippen LogP contribution in [0.5, 0.6) is 5.75 Å². The van der Waals surface area contributed by atoms with Gasteiger partial charge < -0.3 is 9.30 Å². The number of rotatable bonds is 3. The first-order valence-electron chi connectivity index (χ1n) is 8.81. The van der Waals surface area contributed by atoms with Gasteiger partial charge in [0, 0.05) is 34.2 Å². The zero-order chi connectivity index (χ0) is 20.0. The minimum absolute atomic E-state index is 0.158. The van der Waals surface area contributed by atoms with Crippen molar-refractivity contribution in [3.05, 3.63) is 64.0 Å². The molecule has 1 aromatic carbocycles. The molecule has 2 aromatic rings. The van der Waals surface area contributed by atoms with Crippen molar-refractivity contribution in [2.75, 3.05) is 7.11 Å². The molecule has 142 valence electrons. The van der Waals surface area contributed by atoms with Gasteiger partial charge in [-0.15, -0.1) is 0 Å². The number of thioether (sulfide) groups is 1. The van der Waals surface area contributed by atoms with E-state index in [1.54, 1.807) is 18.1 Å². The van der Waals surface area contributed by atoms with Crippen LogP contribution in [0.4, 0.5) is 0 Å². The molecule has 6 nitrogen and oxygen atoms in total. The summed E-state index contributed by atoms with van der Waals surface area (Å²) in [6.45, 7) is 5.95. The fourth-order valence-electron chi connectivity index (χ4n) is 3.44. The Balaban J connectivity index is 1.77. The highest BCUT2D eigenvalue weighted by atomic mass is 32.2. The molecule has 0 atom stereocenters. The van der Waals surface area contributed by atoms with Crippen LogP contribution < -0.4 is 4.74 Å². The number of aryl methyl sites for hydroxylation is 1. The van der Waals surface area contributed by atoms with Gasteiger partial charge in [0.1, 0.15) is 11.6 Å². The highest BCUT2D eigenvalue weighted by molar-refractivity contribution is 8.17. The summed E-state index contributed by atoms with van der Waals surface area (Å²) in [6, 6.07) is 9.85. The number of hydrogen-bond donors (Lipinski definition) is 1. The fourth-order valence-corrected chi connectivity index (χ4v) is 4.25. The summed E-state index contributed by atoms with van der Waals surface area (Å²) in [5.74, 6) is 0.563. The Bertz CT molecular complexity index is 1110. The van der Waals surface area contributed by atoms with Gasteiger partial charge in [0.25, 0.3) is 5.91 Å². The maximum atomic E-state index is 12.5. The van der Waals surface area contributed by atoms with Crippen LogP contribution in [-0.4, -0.2) is 33.5 Å². The lowest BCUT2D eigenvalue weighted by Gasteiger charge is -2.22. The van der Waals surface area contributed by atoms with Crippen molar-refractivity contribution in [1.29, 1.82) is 5.41 Å². The minimum Gasteiger partial charge on any atom is -0.497 e. The maximum Gasteiger partial charge on any atom is 0.283 e. The molecule has 7 heteroatoms. The van der Waals surface area contributed by atoms with E-state index in [-0.39, 0.29) is 11.7 Å². The number of allylic oxidation sites excluding steroid dienone is 1. The van der Waals surface area contributed by atoms with Crippen LogP contribution in [0.3, 0.4) is 0 Å². The highest BCUT2D eigenvalue weighted by Gasteiger charge is 2.33. The lowest BCUT2D eigenvalue weighted by Crippen LogP contribution is -2.35. The van der Waals surface area contributed by atoms with Crippen molar-refractivity contribution in [1.82, 2.24) is 9.47 Å². The fraction of sp³-hybridized carbons (Fsp3) is 0.190. The Kier molecular flexibility index (Phi) is 4.47. The monoisotopic (exact) mass is 392 g/mol. The molecule has 4 rings (SSSR count). The van der Waals surface area contributed by atoms with E-state index in [1.807, 2.05) is 57.3 Å². The van der Waals surface area contributed by atoms with E-state index in [0.717, 1.165) is 33.3 Å². The highest BCUT2D eigenvalue weighted by Crippen LogP contribution is 2.33. The van der Waals surface area contributed by atoms with Crippen LogP contribution in [0.1, 0.15) is 23.9 Å². The van der Waals surface area contributed by atoms with Gasteiger partial charge in [-0.2, -0.15) is 4.99 Å². The summed E-state index contributed by atoms with van der Waals surface area (Å²) in [5.41, 5.74) is 4.18. The number of carbonyl (C=O) groups excluding carboxylic acids is 1. The number of ether oxygens (including phenoxy) is 1. The summed E-state index contributed by atoms with van der Waals surface area (Å²) < 4.78 is 7.44. The van der Waals surface area contributed by atoms with Gasteiger partial charge in [-0.25, -0.2) is 0 Å². The van der Waals surface area contributed by atoms with E-state index in [4.69, 9.17) is 10.1 Å². The van der Waals surface area contributed by atoms with Crippen molar-refractivity contribution in [3.63, 3.8) is 0 Å². The molecule has 2 aliphatic rings. The Morgan fingerprint density at radius 2 is 2.00 bits per heavy atom. The first kappa shape index (κ1) is 18.3. The van der Waals surface area contributed by atoms with Gasteiger partial charge in [0.15, 0.2) is 5.17 Å². The normalized spacial score (nSPS) is 17.7. The van der Waals surface area contributed by atoms with Crippen molar-refractivity contribution in [2.45, 2.75) is 20.8 Å². The van der Waals surface area contributed by atoms with E-state index >= 15 is 0 Å². The lowest BCUT2D eigenvalue weighted by molar-refractivity contribution is -0.114. The largest absolute Gasteiger partial charge is 0.497 e. The number of hydrogen-bond acceptors (Lipinski definition) is 4. The average Bonchev–Trinajstić information content (AvgIpc) is 3.17. The molecule has 1 amide bonds. The quantitative estimate of drug-likeness (QED) is 0.792. The van der Waals surface area contributed by atoms with E-state index in [9.17, 15) is 4.79 Å². The second kappa shape index (κ2) is 6.83. The number of benzene rings is 1. The zero-order valence-corrected chi connectivity index (χ0v) is 16.9. The molecule has 1 N–H and O–H groups in total. The van der Waals surface area contributed by atoms with E-state index in [2.05, 4.69) is 9.56 Å². The molecular weight excluding hydrogens is 372 g/mol. The number of carbonyl (C=O) groups is 1. The van der Waals surface area contributed by atoms with Crippen molar-refractivity contribution < 1.29 is 9.53 Å². The number of methoxy groups -OCH3 is 1. The number of amides is 1. The Labute approximate surface area is 167 Å². The second-order valence-electron chi connectivity index (χ2n) is 6.68. The van der Waals surface area contributed by atoms with Crippen LogP contribution in [0.15, 0.2) is 52.0 Å². The van der Waals surface area contributed by atoms with Gasteiger partial charge in [-0.3, -0.25) is 15.1 Å². The molecule has 0 saturated carbocycles. The van der Waals surface area contributed by atoms with Gasteiger partial charge in [-0.05, 0) is 50.6 Å². The van der Waals surface area contributed by atoms with Crippen molar-refractivity contribution in [3.8, 4) is 11.4 Å². The molecule has 0 unspecified atom stereocenters. The number of nitrogens with zero attached hydrogens (tertiary/aromatic N) is 3. The number of amidine groups is 2. The van der Waals surface area contributed by atoms with Crippen molar-refractivity contribution >= 4 is 34.7 Å². The van der Waals surface area contributed by atoms with Crippen LogP contribution in [0.25, 0.3) is 11.8 Å². The summed E-state index contributed by atoms with van der Waals surface area (Å²) in [7, 11) is 1.65. The Morgan fingerprint density at radius 1 is 1.21 bits per heavy atom.